The van der Waals surface area contributed by atoms with Crippen molar-refractivity contribution in [2.45, 2.75) is 38.6 Å². The molecule has 3 amide bonds. The molecule has 168 valence electrons. The number of fused-ring (bicyclic) bond motifs is 3. The van der Waals surface area contributed by atoms with Gasteiger partial charge in [0.25, 0.3) is 5.91 Å². The Morgan fingerprint density at radius 2 is 1.61 bits per heavy atom. The van der Waals surface area contributed by atoms with Crippen molar-refractivity contribution >= 4 is 29.1 Å². The number of hydrogen-bond donors (Lipinski definition) is 2. The van der Waals surface area contributed by atoms with E-state index in [0.29, 0.717) is 16.9 Å². The van der Waals surface area contributed by atoms with E-state index < -0.39 is 23.8 Å². The third-order valence-corrected chi connectivity index (χ3v) is 6.25. The molecule has 3 atom stereocenters. The van der Waals surface area contributed by atoms with Crippen LogP contribution in [0.2, 0.25) is 0 Å². The number of carbonyl (C=O) groups is 3. The van der Waals surface area contributed by atoms with Gasteiger partial charge in [0, 0.05) is 11.3 Å². The van der Waals surface area contributed by atoms with Crippen molar-refractivity contribution in [1.82, 2.24) is 5.32 Å². The van der Waals surface area contributed by atoms with Crippen molar-refractivity contribution in [2.24, 2.45) is 0 Å². The number of rotatable bonds is 4. The third-order valence-electron chi connectivity index (χ3n) is 6.25. The van der Waals surface area contributed by atoms with E-state index in [1.54, 1.807) is 39.0 Å². The van der Waals surface area contributed by atoms with Crippen LogP contribution in [0.1, 0.15) is 43.7 Å². The fraction of sp³-hybridized carbons (Fsp3) is 0.222. The van der Waals surface area contributed by atoms with Crippen LogP contribution in [0.25, 0.3) is 11.1 Å². The van der Waals surface area contributed by atoms with Crippen LogP contribution in [0, 0.1) is 0 Å². The molecule has 6 heteroatoms. The molecule has 1 heterocycles. The molecule has 3 aromatic rings. The Hall–Kier alpha value is -3.93. The molecular formula is C27H27N3O3. The Labute approximate surface area is 193 Å². The molecule has 2 unspecified atom stereocenters. The Bertz CT molecular complexity index is 1220. The zero-order chi connectivity index (χ0) is 23.7. The zero-order valence-corrected chi connectivity index (χ0v) is 18.9. The summed E-state index contributed by atoms with van der Waals surface area (Å²) in [6.07, 6.45) is 0. The molecule has 0 bridgehead atoms. The lowest BCUT2D eigenvalue weighted by atomic mass is 9.92. The summed E-state index contributed by atoms with van der Waals surface area (Å²) in [6, 6.07) is 21.2. The fourth-order valence-electron chi connectivity index (χ4n) is 4.30. The highest BCUT2D eigenvalue weighted by molar-refractivity contribution is 6.22. The quantitative estimate of drug-likeness (QED) is 0.593. The minimum absolute atomic E-state index is 0.284. The number of carbonyl (C=O) groups excluding carboxylic acids is 3. The smallest absolute Gasteiger partial charge is 0.256 e. The van der Waals surface area contributed by atoms with Gasteiger partial charge in [0.1, 0.15) is 6.04 Å². The number of nitrogens with zero attached hydrogens (tertiary/aromatic N) is 1. The molecule has 0 radical (unpaired) electrons. The Kier molecular flexibility index (Phi) is 6.01. The lowest BCUT2D eigenvalue weighted by molar-refractivity contribution is -0.131. The molecule has 0 saturated heterocycles. The van der Waals surface area contributed by atoms with Gasteiger partial charge in [0.05, 0.1) is 17.5 Å². The van der Waals surface area contributed by atoms with E-state index >= 15 is 0 Å². The van der Waals surface area contributed by atoms with Crippen LogP contribution in [0.3, 0.4) is 0 Å². The number of imide groups is 1. The number of nitrogens with two attached hydrogens (primary N) is 1. The van der Waals surface area contributed by atoms with E-state index in [1.807, 2.05) is 54.6 Å². The first-order valence-corrected chi connectivity index (χ1v) is 11.0. The summed E-state index contributed by atoms with van der Waals surface area (Å²) in [6.45, 7) is 5.16. The van der Waals surface area contributed by atoms with E-state index in [-0.39, 0.29) is 11.8 Å². The van der Waals surface area contributed by atoms with Crippen molar-refractivity contribution in [3.8, 4) is 11.1 Å². The molecule has 3 N–H and O–H groups in total. The average molecular weight is 442 g/mol. The van der Waals surface area contributed by atoms with Gasteiger partial charge in [0.15, 0.2) is 0 Å². The van der Waals surface area contributed by atoms with Gasteiger partial charge < -0.3 is 11.1 Å². The normalized spacial score (nSPS) is 16.8. The van der Waals surface area contributed by atoms with Crippen molar-refractivity contribution < 1.29 is 14.4 Å². The Morgan fingerprint density at radius 3 is 2.33 bits per heavy atom. The summed E-state index contributed by atoms with van der Waals surface area (Å²) >= 11 is 0. The SMILES string of the molecule is CC(C(=O)N[C@@H](C)C(=O)N1C(=O)C(C)c2ccccc2-c2c(N)cccc21)c1ccccc1. The summed E-state index contributed by atoms with van der Waals surface area (Å²) in [5.41, 5.74) is 10.4. The van der Waals surface area contributed by atoms with Gasteiger partial charge in [-0.2, -0.15) is 0 Å². The molecular weight excluding hydrogens is 414 g/mol. The molecule has 1 aliphatic heterocycles. The molecule has 6 nitrogen and oxygen atoms in total. The predicted octanol–water partition coefficient (Wildman–Crippen LogP) is 4.22. The minimum Gasteiger partial charge on any atom is -0.398 e. The topological polar surface area (TPSA) is 92.5 Å². The van der Waals surface area contributed by atoms with E-state index in [1.165, 1.54) is 4.90 Å². The maximum atomic E-state index is 13.6. The maximum Gasteiger partial charge on any atom is 0.256 e. The van der Waals surface area contributed by atoms with Crippen LogP contribution in [0.5, 0.6) is 0 Å². The summed E-state index contributed by atoms with van der Waals surface area (Å²) in [4.78, 5) is 41.1. The molecule has 3 aromatic carbocycles. The highest BCUT2D eigenvalue weighted by Gasteiger charge is 2.38. The molecule has 0 saturated carbocycles. The number of anilines is 2. The lowest BCUT2D eigenvalue weighted by Gasteiger charge is -2.27. The maximum absolute atomic E-state index is 13.6. The van der Waals surface area contributed by atoms with Crippen molar-refractivity contribution in [2.75, 3.05) is 10.6 Å². The average Bonchev–Trinajstić information content (AvgIpc) is 2.92. The van der Waals surface area contributed by atoms with Gasteiger partial charge >= 0.3 is 0 Å². The number of nitrogen functional groups attached to an aromatic ring is 1. The summed E-state index contributed by atoms with van der Waals surface area (Å²) in [5, 5.41) is 2.78. The molecule has 0 aromatic heterocycles. The monoisotopic (exact) mass is 441 g/mol. The number of amides is 3. The number of hydrogen-bond acceptors (Lipinski definition) is 4. The van der Waals surface area contributed by atoms with Gasteiger partial charge in [-0.05, 0) is 49.6 Å². The van der Waals surface area contributed by atoms with Crippen LogP contribution >= 0.6 is 0 Å². The summed E-state index contributed by atoms with van der Waals surface area (Å²) in [5.74, 6) is -2.13. The molecule has 0 fully saturated rings. The fourth-order valence-corrected chi connectivity index (χ4v) is 4.30. The Balaban J connectivity index is 1.68. The summed E-state index contributed by atoms with van der Waals surface area (Å²) in [7, 11) is 0. The first-order valence-electron chi connectivity index (χ1n) is 11.0. The van der Waals surface area contributed by atoms with Gasteiger partial charge in [0.2, 0.25) is 11.8 Å². The van der Waals surface area contributed by atoms with E-state index in [0.717, 1.165) is 16.7 Å². The summed E-state index contributed by atoms with van der Waals surface area (Å²) < 4.78 is 0. The van der Waals surface area contributed by atoms with Gasteiger partial charge in [-0.3, -0.25) is 14.4 Å². The second kappa shape index (κ2) is 8.90. The van der Waals surface area contributed by atoms with Gasteiger partial charge in [-0.15, -0.1) is 0 Å². The van der Waals surface area contributed by atoms with Crippen LogP contribution in [-0.4, -0.2) is 23.8 Å². The van der Waals surface area contributed by atoms with E-state index in [2.05, 4.69) is 5.32 Å². The second-order valence-corrected chi connectivity index (χ2v) is 8.42. The zero-order valence-electron chi connectivity index (χ0n) is 18.9. The van der Waals surface area contributed by atoms with Crippen LogP contribution in [0.15, 0.2) is 72.8 Å². The molecule has 33 heavy (non-hydrogen) atoms. The van der Waals surface area contributed by atoms with Crippen molar-refractivity contribution in [3.63, 3.8) is 0 Å². The third kappa shape index (κ3) is 4.00. The van der Waals surface area contributed by atoms with E-state index in [9.17, 15) is 14.4 Å². The van der Waals surface area contributed by atoms with Gasteiger partial charge in [-0.1, -0.05) is 60.7 Å². The molecule has 4 rings (SSSR count). The van der Waals surface area contributed by atoms with Crippen molar-refractivity contribution in [1.29, 1.82) is 0 Å². The first kappa shape index (κ1) is 22.3. The molecule has 1 aliphatic rings. The Morgan fingerprint density at radius 1 is 0.939 bits per heavy atom. The first-order chi connectivity index (χ1) is 15.8. The predicted molar refractivity (Wildman–Crippen MR) is 130 cm³/mol. The highest BCUT2D eigenvalue weighted by Crippen LogP contribution is 2.44. The van der Waals surface area contributed by atoms with Crippen molar-refractivity contribution in [3.05, 3.63) is 83.9 Å². The van der Waals surface area contributed by atoms with Crippen LogP contribution in [0.4, 0.5) is 11.4 Å². The van der Waals surface area contributed by atoms with Gasteiger partial charge in [-0.25, -0.2) is 4.90 Å². The largest absolute Gasteiger partial charge is 0.398 e. The van der Waals surface area contributed by atoms with Crippen LogP contribution < -0.4 is 16.0 Å². The second-order valence-electron chi connectivity index (χ2n) is 8.42. The highest BCUT2D eigenvalue weighted by atomic mass is 16.2. The lowest BCUT2D eigenvalue weighted by Crippen LogP contribution is -2.51. The number of benzene rings is 3. The minimum atomic E-state index is -0.907. The van der Waals surface area contributed by atoms with Crippen LogP contribution in [-0.2, 0) is 14.4 Å². The molecule has 0 aliphatic carbocycles. The standard InChI is InChI=1S/C27H27N3O3/c1-16(19-10-5-4-6-11-19)25(31)29-18(3)27(33)30-23-15-9-14-22(28)24(23)21-13-8-7-12-20(21)17(2)26(30)32/h4-18H,28H2,1-3H3,(H,29,31)/t16?,17?,18-/m0/s1. The number of nitrogens with one attached hydrogen (secondary N) is 1. The molecule has 0 spiro atoms. The van der Waals surface area contributed by atoms with E-state index in [4.69, 9.17) is 5.73 Å².